The van der Waals surface area contributed by atoms with E-state index in [2.05, 4.69) is 245 Å². The van der Waals surface area contributed by atoms with E-state index in [1.165, 1.54) is 98.9 Å². The predicted octanol–water partition coefficient (Wildman–Crippen LogP) is 16.1. The Morgan fingerprint density at radius 3 is 1.73 bits per heavy atom. The van der Waals surface area contributed by atoms with Gasteiger partial charge in [-0.05, 0) is 116 Å². The summed E-state index contributed by atoms with van der Waals surface area (Å²) in [4.78, 5) is 4.41. The normalized spacial score (nSPS) is 12.9. The highest BCUT2D eigenvalue weighted by Crippen LogP contribution is 2.57. The number of hydrogen-bond acceptors (Lipinski definition) is 1. The van der Waals surface area contributed by atoms with Gasteiger partial charge in [-0.3, -0.25) is 4.98 Å². The van der Waals surface area contributed by atoms with Crippen molar-refractivity contribution < 1.29 is 0 Å². The monoisotopic (exact) mass is 851 g/mol. The molecule has 0 saturated carbocycles. The van der Waals surface area contributed by atoms with E-state index in [4.69, 9.17) is 0 Å². The van der Waals surface area contributed by atoms with Gasteiger partial charge in [0.25, 0.3) is 0 Å². The fraction of sp³-hybridized carbons (Fsp3) is 0.0156. The molecule has 312 valence electrons. The van der Waals surface area contributed by atoms with Gasteiger partial charge in [-0.15, -0.1) is 0 Å². The van der Waals surface area contributed by atoms with Gasteiger partial charge < -0.3 is 9.13 Å². The molecule has 0 N–H and O–H groups in total. The van der Waals surface area contributed by atoms with Gasteiger partial charge in [0.1, 0.15) is 0 Å². The average Bonchev–Trinajstić information content (AvgIpc) is 4.03. The Labute approximate surface area is 388 Å². The molecular weight excluding hydrogens is 811 g/mol. The number of rotatable bonds is 6. The largest absolute Gasteiger partial charge is 0.309 e. The van der Waals surface area contributed by atoms with Crippen LogP contribution in [0.25, 0.3) is 99.1 Å². The van der Waals surface area contributed by atoms with Crippen LogP contribution in [-0.2, 0) is 5.41 Å². The molecule has 3 heteroatoms. The Bertz CT molecular complexity index is 4050. The van der Waals surface area contributed by atoms with Crippen molar-refractivity contribution in [2.45, 2.75) is 5.41 Å². The fourth-order valence-electron chi connectivity index (χ4n) is 11.6. The highest BCUT2D eigenvalue weighted by atomic mass is 15.0. The molecule has 0 atom stereocenters. The number of nitrogens with zero attached hydrogens (tertiary/aromatic N) is 3. The lowest BCUT2D eigenvalue weighted by molar-refractivity contribution is 0.769. The molecule has 10 aromatic carbocycles. The van der Waals surface area contributed by atoms with Gasteiger partial charge in [-0.2, -0.15) is 0 Å². The number of benzene rings is 10. The van der Waals surface area contributed by atoms with Crippen molar-refractivity contribution in [3.63, 3.8) is 0 Å². The third-order valence-electron chi connectivity index (χ3n) is 14.5. The molecule has 0 fully saturated rings. The Morgan fingerprint density at radius 2 is 0.940 bits per heavy atom. The van der Waals surface area contributed by atoms with Crippen molar-refractivity contribution in [3.05, 3.63) is 271 Å². The second kappa shape index (κ2) is 14.6. The van der Waals surface area contributed by atoms with Crippen LogP contribution in [0.3, 0.4) is 0 Å². The Morgan fingerprint density at radius 1 is 0.328 bits per heavy atom. The molecule has 1 aliphatic carbocycles. The molecule has 13 aromatic rings. The second-order valence-corrected chi connectivity index (χ2v) is 17.9. The molecule has 0 amide bonds. The molecular formula is C64H41N3. The van der Waals surface area contributed by atoms with Crippen LogP contribution in [-0.4, -0.2) is 14.1 Å². The fourth-order valence-corrected chi connectivity index (χ4v) is 11.6. The van der Waals surface area contributed by atoms with Gasteiger partial charge in [0.2, 0.25) is 0 Å². The third kappa shape index (κ3) is 5.49. The van der Waals surface area contributed by atoms with E-state index in [0.29, 0.717) is 0 Å². The molecule has 0 unspecified atom stereocenters. The standard InChI is InChI=1S/C64H41N3/c1-3-17-47(18-4-1)64(48-19-5-2-6-20-48)58-25-10-7-22-52(58)53-32-28-44(40-59(53)64)43-30-35-62-57(39-43)55-24-9-11-26-60(55)66(62)50-31-34-51-45(38-50)29-33-56-54-23-8-12-27-61(54)67(63(51)56)49-21-13-15-42(37-49)46-16-14-36-65-41-46/h1-41H. The van der Waals surface area contributed by atoms with Gasteiger partial charge in [0.15, 0.2) is 0 Å². The number of fused-ring (bicyclic) bond motifs is 11. The van der Waals surface area contributed by atoms with Crippen molar-refractivity contribution in [1.82, 2.24) is 14.1 Å². The van der Waals surface area contributed by atoms with Crippen LogP contribution in [0.5, 0.6) is 0 Å². The second-order valence-electron chi connectivity index (χ2n) is 17.9. The Hall–Kier alpha value is -8.79. The minimum Gasteiger partial charge on any atom is -0.309 e. The first-order chi connectivity index (χ1) is 33.2. The van der Waals surface area contributed by atoms with Crippen LogP contribution in [0.1, 0.15) is 22.3 Å². The van der Waals surface area contributed by atoms with Crippen molar-refractivity contribution >= 4 is 54.4 Å². The Kier molecular flexibility index (Phi) is 8.20. The zero-order valence-electron chi connectivity index (χ0n) is 36.5. The first-order valence-corrected chi connectivity index (χ1v) is 23.1. The lowest BCUT2D eigenvalue weighted by Crippen LogP contribution is -2.28. The van der Waals surface area contributed by atoms with Crippen molar-refractivity contribution in [3.8, 4) is 44.8 Å². The molecule has 67 heavy (non-hydrogen) atoms. The van der Waals surface area contributed by atoms with E-state index in [-0.39, 0.29) is 0 Å². The minimum absolute atomic E-state index is 0.454. The number of para-hydroxylation sites is 2. The van der Waals surface area contributed by atoms with Crippen LogP contribution in [0.4, 0.5) is 0 Å². The third-order valence-corrected chi connectivity index (χ3v) is 14.5. The summed E-state index contributed by atoms with van der Waals surface area (Å²) in [5.41, 5.74) is 19.0. The molecule has 0 spiro atoms. The number of pyridine rings is 1. The molecule has 3 heterocycles. The predicted molar refractivity (Wildman–Crippen MR) is 279 cm³/mol. The van der Waals surface area contributed by atoms with Crippen molar-refractivity contribution in [2.75, 3.05) is 0 Å². The van der Waals surface area contributed by atoms with E-state index >= 15 is 0 Å². The molecule has 3 nitrogen and oxygen atoms in total. The zero-order valence-corrected chi connectivity index (χ0v) is 36.5. The van der Waals surface area contributed by atoms with Gasteiger partial charge >= 0.3 is 0 Å². The maximum Gasteiger partial charge on any atom is 0.0713 e. The molecule has 0 bridgehead atoms. The van der Waals surface area contributed by atoms with Crippen molar-refractivity contribution in [2.24, 2.45) is 0 Å². The van der Waals surface area contributed by atoms with Gasteiger partial charge in [0, 0.05) is 56.3 Å². The van der Waals surface area contributed by atoms with E-state index in [0.717, 1.165) is 22.5 Å². The molecule has 0 radical (unpaired) electrons. The van der Waals surface area contributed by atoms with Crippen LogP contribution < -0.4 is 0 Å². The van der Waals surface area contributed by atoms with Gasteiger partial charge in [-0.25, -0.2) is 0 Å². The van der Waals surface area contributed by atoms with Gasteiger partial charge in [0.05, 0.1) is 27.5 Å². The zero-order chi connectivity index (χ0) is 44.1. The smallest absolute Gasteiger partial charge is 0.0713 e. The Balaban J connectivity index is 0.932. The lowest BCUT2D eigenvalue weighted by atomic mass is 9.67. The summed E-state index contributed by atoms with van der Waals surface area (Å²) in [5, 5.41) is 7.37. The van der Waals surface area contributed by atoms with Crippen LogP contribution in [0, 0.1) is 0 Å². The summed E-state index contributed by atoms with van der Waals surface area (Å²) in [6.07, 6.45) is 3.76. The molecule has 0 aliphatic heterocycles. The maximum atomic E-state index is 4.41. The van der Waals surface area contributed by atoms with Crippen LogP contribution in [0.2, 0.25) is 0 Å². The van der Waals surface area contributed by atoms with E-state index < -0.39 is 5.41 Å². The highest BCUT2D eigenvalue weighted by molar-refractivity contribution is 6.19. The minimum atomic E-state index is -0.454. The summed E-state index contributed by atoms with van der Waals surface area (Å²) in [5.74, 6) is 0. The SMILES string of the molecule is c1ccc(C2(c3ccccc3)c3ccccc3-c3ccc(-c4ccc5c(c4)c4ccccc4n5-c4ccc5c(ccc6c7ccccc7n(-c7cccc(-c8cccnc8)c7)c56)c4)cc32)cc1. The molecule has 1 aliphatic rings. The lowest BCUT2D eigenvalue weighted by Gasteiger charge is -2.34. The van der Waals surface area contributed by atoms with Crippen molar-refractivity contribution in [1.29, 1.82) is 0 Å². The molecule has 14 rings (SSSR count). The van der Waals surface area contributed by atoms with Gasteiger partial charge in [-0.1, -0.05) is 176 Å². The molecule has 3 aromatic heterocycles. The number of aromatic nitrogens is 3. The first-order valence-electron chi connectivity index (χ1n) is 23.1. The molecule has 0 saturated heterocycles. The van der Waals surface area contributed by atoms with Crippen LogP contribution in [0.15, 0.2) is 249 Å². The first kappa shape index (κ1) is 37.6. The summed E-state index contributed by atoms with van der Waals surface area (Å²) in [7, 11) is 0. The highest BCUT2D eigenvalue weighted by Gasteiger charge is 2.46. The summed E-state index contributed by atoms with van der Waals surface area (Å²) in [6, 6.07) is 87.5. The topological polar surface area (TPSA) is 22.8 Å². The van der Waals surface area contributed by atoms with E-state index in [1.54, 1.807) is 0 Å². The summed E-state index contributed by atoms with van der Waals surface area (Å²) in [6.45, 7) is 0. The summed E-state index contributed by atoms with van der Waals surface area (Å²) >= 11 is 0. The van der Waals surface area contributed by atoms with Crippen LogP contribution >= 0.6 is 0 Å². The summed E-state index contributed by atoms with van der Waals surface area (Å²) < 4.78 is 4.89. The number of hydrogen-bond donors (Lipinski definition) is 0. The maximum absolute atomic E-state index is 4.41. The van der Waals surface area contributed by atoms with E-state index in [9.17, 15) is 0 Å². The quantitative estimate of drug-likeness (QED) is 0.163. The van der Waals surface area contributed by atoms with E-state index in [1.807, 2.05) is 18.5 Å². The average molecular weight is 852 g/mol.